The van der Waals surface area contributed by atoms with Crippen LogP contribution in [-0.4, -0.2) is 42.1 Å². The van der Waals surface area contributed by atoms with Gasteiger partial charge in [0.15, 0.2) is 0 Å². The predicted molar refractivity (Wildman–Crippen MR) is 131 cm³/mol. The molecule has 1 heterocycles. The molecule has 0 atom stereocenters. The molecule has 5 nitrogen and oxygen atoms in total. The van der Waals surface area contributed by atoms with E-state index in [1.165, 1.54) is 11.1 Å². The SMILES string of the molecule is O=C(NCC1CN(Cc2ccccc2)CN(Cc2ccccc2)C1)Nc1ccc(Cl)cc1. The molecular weight excluding hydrogens is 420 g/mol. The number of halogens is 1. The largest absolute Gasteiger partial charge is 0.337 e. The molecule has 4 rings (SSSR count). The van der Waals surface area contributed by atoms with Crippen molar-refractivity contribution in [3.8, 4) is 0 Å². The van der Waals surface area contributed by atoms with Gasteiger partial charge < -0.3 is 10.6 Å². The van der Waals surface area contributed by atoms with E-state index in [4.69, 9.17) is 11.6 Å². The lowest BCUT2D eigenvalue weighted by Crippen LogP contribution is -2.51. The number of amides is 2. The lowest BCUT2D eigenvalue weighted by molar-refractivity contribution is 0.0382. The zero-order valence-electron chi connectivity index (χ0n) is 18.1. The molecule has 1 fully saturated rings. The average molecular weight is 449 g/mol. The van der Waals surface area contributed by atoms with E-state index in [9.17, 15) is 4.79 Å². The molecule has 1 saturated heterocycles. The summed E-state index contributed by atoms with van der Waals surface area (Å²) in [5.41, 5.74) is 3.34. The molecule has 32 heavy (non-hydrogen) atoms. The molecule has 3 aromatic carbocycles. The maximum absolute atomic E-state index is 12.4. The van der Waals surface area contributed by atoms with Gasteiger partial charge in [0, 0.05) is 49.4 Å². The number of carbonyl (C=O) groups excluding carboxylic acids is 1. The number of anilines is 1. The predicted octanol–water partition coefficient (Wildman–Crippen LogP) is 5.05. The molecule has 0 unspecified atom stereocenters. The minimum absolute atomic E-state index is 0.192. The third kappa shape index (κ3) is 6.82. The van der Waals surface area contributed by atoms with Crippen LogP contribution in [0.5, 0.6) is 0 Å². The normalized spacial score (nSPS) is 15.4. The number of nitrogens with one attached hydrogen (secondary N) is 2. The highest BCUT2D eigenvalue weighted by molar-refractivity contribution is 6.30. The summed E-state index contributed by atoms with van der Waals surface area (Å²) in [6, 6.07) is 28.0. The zero-order chi connectivity index (χ0) is 22.2. The number of carbonyl (C=O) groups is 1. The first-order valence-electron chi connectivity index (χ1n) is 11.0. The summed E-state index contributed by atoms with van der Waals surface area (Å²) in [6.45, 7) is 5.23. The van der Waals surface area contributed by atoms with Crippen molar-refractivity contribution in [2.45, 2.75) is 13.1 Å². The van der Waals surface area contributed by atoms with Gasteiger partial charge in [-0.15, -0.1) is 0 Å². The summed E-state index contributed by atoms with van der Waals surface area (Å²) in [5.74, 6) is 0.340. The van der Waals surface area contributed by atoms with Crippen molar-refractivity contribution < 1.29 is 4.79 Å². The summed E-state index contributed by atoms with van der Waals surface area (Å²) in [6.07, 6.45) is 0. The van der Waals surface area contributed by atoms with Crippen molar-refractivity contribution in [1.29, 1.82) is 0 Å². The van der Waals surface area contributed by atoms with Crippen LogP contribution in [0.15, 0.2) is 84.9 Å². The van der Waals surface area contributed by atoms with Crippen molar-refractivity contribution in [2.75, 3.05) is 31.6 Å². The molecule has 0 aliphatic carbocycles. The van der Waals surface area contributed by atoms with E-state index in [1.54, 1.807) is 24.3 Å². The van der Waals surface area contributed by atoms with Crippen LogP contribution in [0.1, 0.15) is 11.1 Å². The first-order valence-corrected chi connectivity index (χ1v) is 11.3. The number of hydrogen-bond acceptors (Lipinski definition) is 3. The van der Waals surface area contributed by atoms with Crippen LogP contribution in [0.4, 0.5) is 10.5 Å². The Morgan fingerprint density at radius 3 is 1.88 bits per heavy atom. The highest BCUT2D eigenvalue weighted by Crippen LogP contribution is 2.18. The van der Waals surface area contributed by atoms with E-state index in [0.717, 1.165) is 38.5 Å². The molecule has 3 aromatic rings. The molecule has 0 bridgehead atoms. The Balaban J connectivity index is 1.36. The fourth-order valence-corrected chi connectivity index (χ4v) is 4.30. The zero-order valence-corrected chi connectivity index (χ0v) is 18.8. The number of benzene rings is 3. The van der Waals surface area contributed by atoms with Gasteiger partial charge in [-0.3, -0.25) is 9.80 Å². The monoisotopic (exact) mass is 448 g/mol. The second-order valence-corrected chi connectivity index (χ2v) is 8.78. The standard InChI is InChI=1S/C26H29ClN4O/c27-24-11-13-25(14-12-24)29-26(32)28-15-23-18-30(16-21-7-3-1-4-8-21)20-31(19-23)17-22-9-5-2-6-10-22/h1-14,23H,15-20H2,(H2,28,29,32). The molecule has 1 aliphatic heterocycles. The molecule has 1 aliphatic rings. The second-order valence-electron chi connectivity index (χ2n) is 8.34. The van der Waals surface area contributed by atoms with Gasteiger partial charge in [0.05, 0.1) is 6.67 Å². The van der Waals surface area contributed by atoms with Crippen molar-refractivity contribution in [1.82, 2.24) is 15.1 Å². The minimum atomic E-state index is -0.192. The second kappa shape index (κ2) is 11.1. The van der Waals surface area contributed by atoms with Crippen LogP contribution in [0.2, 0.25) is 5.02 Å². The van der Waals surface area contributed by atoms with Gasteiger partial charge in [0.2, 0.25) is 0 Å². The van der Waals surface area contributed by atoms with Crippen LogP contribution in [-0.2, 0) is 13.1 Å². The molecule has 0 aromatic heterocycles. The minimum Gasteiger partial charge on any atom is -0.337 e. The van der Waals surface area contributed by atoms with Crippen LogP contribution in [0, 0.1) is 5.92 Å². The smallest absolute Gasteiger partial charge is 0.319 e. The number of hydrogen-bond donors (Lipinski definition) is 2. The third-order valence-electron chi connectivity index (χ3n) is 5.58. The summed E-state index contributed by atoms with van der Waals surface area (Å²) in [7, 11) is 0. The topological polar surface area (TPSA) is 47.6 Å². The highest BCUT2D eigenvalue weighted by Gasteiger charge is 2.26. The van der Waals surface area contributed by atoms with Crippen molar-refractivity contribution in [3.63, 3.8) is 0 Å². The van der Waals surface area contributed by atoms with Gasteiger partial charge in [0.1, 0.15) is 0 Å². The molecular formula is C26H29ClN4O. The Bertz CT molecular complexity index is 932. The Hall–Kier alpha value is -2.86. The summed E-state index contributed by atoms with van der Waals surface area (Å²) < 4.78 is 0. The van der Waals surface area contributed by atoms with E-state index in [2.05, 4.69) is 69.0 Å². The molecule has 2 N–H and O–H groups in total. The van der Waals surface area contributed by atoms with E-state index in [1.807, 2.05) is 12.1 Å². The summed E-state index contributed by atoms with van der Waals surface area (Å²) >= 11 is 5.92. The van der Waals surface area contributed by atoms with Gasteiger partial charge in [-0.05, 0) is 35.4 Å². The lowest BCUT2D eigenvalue weighted by atomic mass is 10.0. The van der Waals surface area contributed by atoms with Crippen LogP contribution in [0.25, 0.3) is 0 Å². The highest BCUT2D eigenvalue weighted by atomic mass is 35.5. The Morgan fingerprint density at radius 1 is 0.812 bits per heavy atom. The van der Waals surface area contributed by atoms with E-state index < -0.39 is 0 Å². The number of urea groups is 1. The van der Waals surface area contributed by atoms with E-state index in [0.29, 0.717) is 17.5 Å². The maximum atomic E-state index is 12.4. The van der Waals surface area contributed by atoms with Gasteiger partial charge in [-0.1, -0.05) is 72.3 Å². The van der Waals surface area contributed by atoms with Crippen molar-refractivity contribution in [3.05, 3.63) is 101 Å². The van der Waals surface area contributed by atoms with Gasteiger partial charge in [-0.2, -0.15) is 0 Å². The quantitative estimate of drug-likeness (QED) is 0.531. The van der Waals surface area contributed by atoms with Crippen LogP contribution >= 0.6 is 11.6 Å². The molecule has 166 valence electrons. The van der Waals surface area contributed by atoms with Crippen LogP contribution in [0.3, 0.4) is 0 Å². The number of nitrogens with zero attached hydrogens (tertiary/aromatic N) is 2. The lowest BCUT2D eigenvalue weighted by Gasteiger charge is -2.40. The van der Waals surface area contributed by atoms with Crippen molar-refractivity contribution >= 4 is 23.3 Å². The number of rotatable bonds is 7. The summed E-state index contributed by atoms with van der Waals surface area (Å²) in [5, 5.41) is 6.57. The molecule has 6 heteroatoms. The maximum Gasteiger partial charge on any atom is 0.319 e. The molecule has 0 spiro atoms. The van der Waals surface area contributed by atoms with E-state index >= 15 is 0 Å². The molecule has 2 amide bonds. The van der Waals surface area contributed by atoms with Crippen LogP contribution < -0.4 is 10.6 Å². The first kappa shape index (κ1) is 22.3. The first-order chi connectivity index (χ1) is 15.6. The van der Waals surface area contributed by atoms with Gasteiger partial charge in [0.25, 0.3) is 0 Å². The summed E-state index contributed by atoms with van der Waals surface area (Å²) in [4.78, 5) is 17.3. The Kier molecular flexibility index (Phi) is 7.77. The third-order valence-corrected chi connectivity index (χ3v) is 5.84. The van der Waals surface area contributed by atoms with Crippen molar-refractivity contribution in [2.24, 2.45) is 5.92 Å². The average Bonchev–Trinajstić information content (AvgIpc) is 2.80. The fraction of sp³-hybridized carbons (Fsp3) is 0.269. The fourth-order valence-electron chi connectivity index (χ4n) is 4.17. The molecule has 0 radical (unpaired) electrons. The van der Waals surface area contributed by atoms with E-state index in [-0.39, 0.29) is 6.03 Å². The Morgan fingerprint density at radius 2 is 1.34 bits per heavy atom. The molecule has 0 saturated carbocycles. The Labute approximate surface area is 195 Å². The van der Waals surface area contributed by atoms with Gasteiger partial charge in [-0.25, -0.2) is 4.79 Å². The van der Waals surface area contributed by atoms with Gasteiger partial charge >= 0.3 is 6.03 Å².